The lowest BCUT2D eigenvalue weighted by atomic mass is 10.1. The molecule has 31 heavy (non-hydrogen) atoms. The number of unbranched alkanes of at least 4 members (excludes halogenated alkanes) is 8. The largest absolute Gasteiger partial charge is 0.505 e. The summed E-state index contributed by atoms with van der Waals surface area (Å²) >= 11 is 0. The number of cyclic esters (lactones) is 1. The van der Waals surface area contributed by atoms with Crippen LogP contribution in [0.5, 0.6) is 0 Å². The fraction of sp³-hybridized carbons (Fsp3) is 0.667. The Morgan fingerprint density at radius 2 is 1.61 bits per heavy atom. The standard InChI is InChI=1S/C24H38O7/c1-2-3-4-5-6-7-8-9-10-11-12-13-14-15-16-17-20(26)30-19(18-25)23-21(27)22(28)24(29)31-23/h6-7,9-10,19,23,25,27-28H,2-5,8,11-18H2,1H3/b7-6-,10-9-/t19-,23+/m0/s1. The quantitative estimate of drug-likeness (QED) is 0.167. The third kappa shape index (κ3) is 11.1. The van der Waals surface area contributed by atoms with Crippen molar-refractivity contribution < 1.29 is 34.4 Å². The van der Waals surface area contributed by atoms with Gasteiger partial charge in [-0.2, -0.15) is 0 Å². The van der Waals surface area contributed by atoms with Crippen LogP contribution in [0.15, 0.2) is 35.8 Å². The van der Waals surface area contributed by atoms with Gasteiger partial charge < -0.3 is 24.8 Å². The Hall–Kier alpha value is -2.28. The first-order chi connectivity index (χ1) is 15.0. The normalized spacial score (nSPS) is 17.6. The summed E-state index contributed by atoms with van der Waals surface area (Å²) in [5.74, 6) is -3.30. The molecule has 0 fully saturated rings. The van der Waals surface area contributed by atoms with Crippen molar-refractivity contribution in [3.63, 3.8) is 0 Å². The molecule has 3 N–H and O–H groups in total. The lowest BCUT2D eigenvalue weighted by Gasteiger charge is -2.20. The first-order valence-corrected chi connectivity index (χ1v) is 11.4. The summed E-state index contributed by atoms with van der Waals surface area (Å²) in [6.45, 7) is 1.58. The summed E-state index contributed by atoms with van der Waals surface area (Å²) < 4.78 is 9.80. The van der Waals surface area contributed by atoms with E-state index in [4.69, 9.17) is 9.47 Å². The van der Waals surface area contributed by atoms with Gasteiger partial charge in [0, 0.05) is 6.42 Å². The van der Waals surface area contributed by atoms with Gasteiger partial charge in [-0.1, -0.05) is 63.3 Å². The number of hydrogen-bond donors (Lipinski definition) is 3. The van der Waals surface area contributed by atoms with E-state index in [9.17, 15) is 24.9 Å². The molecule has 0 aromatic heterocycles. The molecule has 0 amide bonds. The van der Waals surface area contributed by atoms with Crippen LogP contribution in [0.1, 0.15) is 84.0 Å². The van der Waals surface area contributed by atoms with E-state index in [1.54, 1.807) is 0 Å². The zero-order chi connectivity index (χ0) is 22.9. The van der Waals surface area contributed by atoms with E-state index in [1.165, 1.54) is 25.7 Å². The predicted octanol–water partition coefficient (Wildman–Crippen LogP) is 4.96. The molecule has 2 atom stereocenters. The number of carbonyl (C=O) groups is 2. The van der Waals surface area contributed by atoms with Gasteiger partial charge in [-0.3, -0.25) is 4.79 Å². The highest BCUT2D eigenvalue weighted by atomic mass is 16.6. The van der Waals surface area contributed by atoms with E-state index in [0.717, 1.165) is 38.5 Å². The Morgan fingerprint density at radius 1 is 1.00 bits per heavy atom. The first-order valence-electron chi connectivity index (χ1n) is 11.4. The van der Waals surface area contributed by atoms with Crippen LogP contribution in [-0.4, -0.2) is 46.1 Å². The maximum Gasteiger partial charge on any atom is 0.378 e. The van der Waals surface area contributed by atoms with E-state index < -0.39 is 42.3 Å². The third-order valence-corrected chi connectivity index (χ3v) is 5.07. The molecular formula is C24H38O7. The molecule has 0 radical (unpaired) electrons. The Morgan fingerprint density at radius 3 is 2.19 bits per heavy atom. The second-order valence-electron chi connectivity index (χ2n) is 7.75. The highest BCUT2D eigenvalue weighted by Gasteiger charge is 2.41. The number of aliphatic hydroxyl groups is 3. The van der Waals surface area contributed by atoms with Crippen molar-refractivity contribution in [1.29, 1.82) is 0 Å². The van der Waals surface area contributed by atoms with Gasteiger partial charge in [0.2, 0.25) is 11.9 Å². The second kappa shape index (κ2) is 16.4. The van der Waals surface area contributed by atoms with Crippen LogP contribution in [-0.2, 0) is 19.1 Å². The second-order valence-corrected chi connectivity index (χ2v) is 7.75. The van der Waals surface area contributed by atoms with Gasteiger partial charge in [-0.25, -0.2) is 4.79 Å². The molecular weight excluding hydrogens is 400 g/mol. The molecule has 1 heterocycles. The van der Waals surface area contributed by atoms with E-state index >= 15 is 0 Å². The van der Waals surface area contributed by atoms with Gasteiger partial charge in [0.15, 0.2) is 11.9 Å². The molecule has 0 unspecified atom stereocenters. The highest BCUT2D eigenvalue weighted by Crippen LogP contribution is 2.23. The zero-order valence-corrected chi connectivity index (χ0v) is 18.6. The van der Waals surface area contributed by atoms with E-state index in [1.807, 2.05) is 0 Å². The number of esters is 2. The van der Waals surface area contributed by atoms with Crippen molar-refractivity contribution in [3.8, 4) is 0 Å². The maximum atomic E-state index is 11.9. The summed E-state index contributed by atoms with van der Waals surface area (Å²) in [7, 11) is 0. The Bertz CT molecular complexity index is 621. The van der Waals surface area contributed by atoms with Crippen molar-refractivity contribution in [1.82, 2.24) is 0 Å². The average Bonchev–Trinajstić information content (AvgIpc) is 3.02. The van der Waals surface area contributed by atoms with Crippen LogP contribution in [0.4, 0.5) is 0 Å². The fourth-order valence-electron chi connectivity index (χ4n) is 3.22. The molecule has 7 nitrogen and oxygen atoms in total. The fourth-order valence-corrected chi connectivity index (χ4v) is 3.22. The van der Waals surface area contributed by atoms with Crippen molar-refractivity contribution in [2.75, 3.05) is 6.61 Å². The van der Waals surface area contributed by atoms with Crippen LogP contribution in [0.2, 0.25) is 0 Å². The topological polar surface area (TPSA) is 113 Å². The average molecular weight is 439 g/mol. The maximum absolute atomic E-state index is 11.9. The smallest absolute Gasteiger partial charge is 0.378 e. The van der Waals surface area contributed by atoms with Gasteiger partial charge in [0.05, 0.1) is 6.61 Å². The lowest BCUT2D eigenvalue weighted by molar-refractivity contribution is -0.165. The predicted molar refractivity (Wildman–Crippen MR) is 118 cm³/mol. The van der Waals surface area contributed by atoms with Crippen LogP contribution < -0.4 is 0 Å². The highest BCUT2D eigenvalue weighted by molar-refractivity contribution is 5.89. The molecule has 176 valence electrons. The molecule has 0 saturated carbocycles. The molecule has 7 heteroatoms. The van der Waals surface area contributed by atoms with Gasteiger partial charge in [-0.15, -0.1) is 0 Å². The van der Waals surface area contributed by atoms with Gasteiger partial charge in [0.1, 0.15) is 0 Å². The van der Waals surface area contributed by atoms with Crippen molar-refractivity contribution in [3.05, 3.63) is 35.8 Å². The van der Waals surface area contributed by atoms with Crippen molar-refractivity contribution in [2.45, 2.75) is 96.2 Å². The van der Waals surface area contributed by atoms with Crippen molar-refractivity contribution >= 4 is 11.9 Å². The Balaban J connectivity index is 2.04. The molecule has 1 aliphatic rings. The number of carbonyl (C=O) groups excluding carboxylic acids is 2. The molecule has 0 aromatic rings. The van der Waals surface area contributed by atoms with Crippen LogP contribution in [0.25, 0.3) is 0 Å². The summed E-state index contributed by atoms with van der Waals surface area (Å²) in [5.41, 5.74) is 0. The van der Waals surface area contributed by atoms with Crippen LogP contribution in [0, 0.1) is 0 Å². The minimum absolute atomic E-state index is 0.179. The monoisotopic (exact) mass is 438 g/mol. The van der Waals surface area contributed by atoms with Gasteiger partial charge in [-0.05, 0) is 38.5 Å². The van der Waals surface area contributed by atoms with E-state index in [-0.39, 0.29) is 6.42 Å². The molecule has 0 aliphatic carbocycles. The molecule has 0 saturated heterocycles. The number of ether oxygens (including phenoxy) is 2. The minimum Gasteiger partial charge on any atom is -0.505 e. The lowest BCUT2D eigenvalue weighted by Crippen LogP contribution is -2.36. The van der Waals surface area contributed by atoms with Crippen molar-refractivity contribution in [2.24, 2.45) is 0 Å². The van der Waals surface area contributed by atoms with E-state index in [2.05, 4.69) is 31.2 Å². The molecule has 1 aliphatic heterocycles. The molecule has 1 rings (SSSR count). The minimum atomic E-state index is -1.37. The summed E-state index contributed by atoms with van der Waals surface area (Å²) in [6, 6.07) is 0. The number of hydrogen-bond acceptors (Lipinski definition) is 7. The van der Waals surface area contributed by atoms with Crippen LogP contribution in [0.3, 0.4) is 0 Å². The Kier molecular flexibility index (Phi) is 14.2. The number of allylic oxidation sites excluding steroid dienone is 4. The summed E-state index contributed by atoms with van der Waals surface area (Å²) in [6.07, 6.45) is 18.4. The van der Waals surface area contributed by atoms with Gasteiger partial charge >= 0.3 is 11.9 Å². The van der Waals surface area contributed by atoms with Crippen LogP contribution >= 0.6 is 0 Å². The molecule has 0 bridgehead atoms. The third-order valence-electron chi connectivity index (χ3n) is 5.07. The first kappa shape index (κ1) is 26.8. The summed E-state index contributed by atoms with van der Waals surface area (Å²) in [5, 5.41) is 28.3. The SMILES string of the molecule is CCCCC/C=C\C/C=C\CCCCCCCC(=O)O[C@@H](CO)[C@H]1OC(=O)C(O)=C1O. The number of aliphatic hydroxyl groups excluding tert-OH is 3. The van der Waals surface area contributed by atoms with Gasteiger partial charge in [0.25, 0.3) is 0 Å². The number of rotatable bonds is 17. The molecule has 0 spiro atoms. The zero-order valence-electron chi connectivity index (χ0n) is 18.6. The van der Waals surface area contributed by atoms with E-state index in [0.29, 0.717) is 6.42 Å². The Labute approximate surface area is 185 Å². The summed E-state index contributed by atoms with van der Waals surface area (Å²) in [4.78, 5) is 23.1. The molecule has 0 aromatic carbocycles.